The Bertz CT molecular complexity index is 114. The maximum absolute atomic E-state index is 9.33. The Balaban J connectivity index is 0. The molecule has 0 unspecified atom stereocenters. The van der Waals surface area contributed by atoms with Gasteiger partial charge in [-0.1, -0.05) is 0 Å². The van der Waals surface area contributed by atoms with Crippen molar-refractivity contribution in [2.24, 2.45) is 0 Å². The summed E-state index contributed by atoms with van der Waals surface area (Å²) < 4.78 is 29.7. The molecule has 8 heavy (non-hydrogen) atoms. The quantitative estimate of drug-likeness (QED) is 0.418. The van der Waals surface area contributed by atoms with Gasteiger partial charge in [-0.3, -0.25) is 8.74 Å². The van der Waals surface area contributed by atoms with Crippen LogP contribution in [0.5, 0.6) is 0 Å². The Morgan fingerprint density at radius 1 is 1.50 bits per heavy atom. The van der Waals surface area contributed by atoms with Crippen LogP contribution in [-0.4, -0.2) is 26.3 Å². The van der Waals surface area contributed by atoms with Gasteiger partial charge in [-0.05, 0) is 6.26 Å². The molecule has 0 aromatic heterocycles. The number of hydrogen-bond donors (Lipinski definition) is 2. The van der Waals surface area contributed by atoms with Crippen LogP contribution < -0.4 is 0 Å². The van der Waals surface area contributed by atoms with Crippen molar-refractivity contribution in [1.29, 1.82) is 0 Å². The van der Waals surface area contributed by atoms with E-state index in [1.807, 2.05) is 0 Å². The van der Waals surface area contributed by atoms with Crippen LogP contribution in [0.2, 0.25) is 0 Å². The highest BCUT2D eigenvalue weighted by Gasteiger charge is 1.93. The summed E-state index contributed by atoms with van der Waals surface area (Å²) in [6, 6.07) is 0. The van der Waals surface area contributed by atoms with E-state index in [0.29, 0.717) is 0 Å². The Morgan fingerprint density at radius 2 is 1.62 bits per heavy atom. The van der Waals surface area contributed by atoms with Gasteiger partial charge in [0.2, 0.25) is 0 Å². The van der Waals surface area contributed by atoms with E-state index in [4.69, 9.17) is 4.55 Å². The number of rotatable bonds is 1. The average molecular weight is 160 g/mol. The lowest BCUT2D eigenvalue weighted by Gasteiger charge is -1.82. The second kappa shape index (κ2) is 5.36. The van der Waals surface area contributed by atoms with Crippen molar-refractivity contribution in [3.8, 4) is 0 Å². The fourth-order valence-corrected chi connectivity index (χ4v) is 0. The fraction of sp³-hybridized carbons (Fsp3) is 1.00. The van der Waals surface area contributed by atoms with E-state index in [1.54, 1.807) is 6.26 Å². The number of thiol groups is 1. The monoisotopic (exact) mass is 160 g/mol. The van der Waals surface area contributed by atoms with Gasteiger partial charge in [0, 0.05) is 0 Å². The van der Waals surface area contributed by atoms with Crippen LogP contribution in [0.25, 0.3) is 0 Å². The number of hydrogen-bond acceptors (Lipinski definition) is 4. The first kappa shape index (κ1) is 11.1. The van der Waals surface area contributed by atoms with E-state index in [1.165, 1.54) is 0 Å². The van der Waals surface area contributed by atoms with Gasteiger partial charge >= 0.3 is 10.4 Å². The molecule has 0 rings (SSSR count). The van der Waals surface area contributed by atoms with E-state index in [9.17, 15) is 8.42 Å². The van der Waals surface area contributed by atoms with Gasteiger partial charge in [0.25, 0.3) is 0 Å². The Hall–Kier alpha value is 0.220. The molecule has 0 atom stereocenters. The zero-order chi connectivity index (χ0) is 7.21. The zero-order valence-electron chi connectivity index (χ0n) is 4.53. The third-order valence-corrected chi connectivity index (χ3v) is 0.632. The maximum Gasteiger partial charge on any atom is 0.397 e. The molecule has 0 bridgehead atoms. The second-order valence-electron chi connectivity index (χ2n) is 0.594. The molecular weight excluding hydrogens is 152 g/mol. The van der Waals surface area contributed by atoms with Crippen LogP contribution in [0.1, 0.15) is 0 Å². The summed E-state index contributed by atoms with van der Waals surface area (Å²) in [7, 11) is -3.29. The van der Waals surface area contributed by atoms with Gasteiger partial charge in [-0.25, -0.2) is 0 Å². The summed E-state index contributed by atoms with van der Waals surface area (Å²) in [6.07, 6.45) is 1.69. The predicted octanol–water partition coefficient (Wildman–Crippen LogP) is -0.0184. The smallest absolute Gasteiger partial charge is 0.264 e. The summed E-state index contributed by atoms with van der Waals surface area (Å²) >= 11 is 3.53. The molecule has 0 aliphatic heterocycles. The summed E-state index contributed by atoms with van der Waals surface area (Å²) in [5.74, 6) is 0. The summed E-state index contributed by atoms with van der Waals surface area (Å²) in [5.41, 5.74) is 0. The van der Waals surface area contributed by atoms with Crippen LogP contribution in [-0.2, 0) is 14.6 Å². The normalized spacial score (nSPS) is 9.50. The molecule has 0 aliphatic carbocycles. The SMILES string of the molecule is COS(=O)(=O)O.CS. The van der Waals surface area contributed by atoms with Crippen molar-refractivity contribution in [3.63, 3.8) is 0 Å². The predicted molar refractivity (Wildman–Crippen MR) is 33.5 cm³/mol. The zero-order valence-corrected chi connectivity index (χ0v) is 6.24. The highest BCUT2D eigenvalue weighted by atomic mass is 32.3. The van der Waals surface area contributed by atoms with E-state index in [-0.39, 0.29) is 0 Å². The van der Waals surface area contributed by atoms with Gasteiger partial charge in [0.1, 0.15) is 0 Å². The Morgan fingerprint density at radius 3 is 1.62 bits per heavy atom. The molecule has 0 saturated heterocycles. The molecule has 0 heterocycles. The van der Waals surface area contributed by atoms with Crippen molar-refractivity contribution < 1.29 is 17.2 Å². The fourth-order valence-electron chi connectivity index (χ4n) is 0. The first-order valence-electron chi connectivity index (χ1n) is 1.54. The first-order valence-corrected chi connectivity index (χ1v) is 3.80. The van der Waals surface area contributed by atoms with Crippen molar-refractivity contribution >= 4 is 23.0 Å². The van der Waals surface area contributed by atoms with Gasteiger partial charge in [0.05, 0.1) is 7.11 Å². The van der Waals surface area contributed by atoms with Crippen molar-refractivity contribution in [2.75, 3.05) is 13.4 Å². The standard InChI is InChI=1S/CH4O4S.CH4S/c1-5-6(2,3)4;1-2/h1H3,(H,2,3,4);2H,1H3. The van der Waals surface area contributed by atoms with Crippen LogP contribution in [0.4, 0.5) is 0 Å². The van der Waals surface area contributed by atoms with Crippen molar-refractivity contribution in [2.45, 2.75) is 0 Å². The molecular formula is C2H8O4S2. The third-order valence-electron chi connectivity index (χ3n) is 0.211. The molecule has 0 aliphatic rings. The van der Waals surface area contributed by atoms with Gasteiger partial charge in [0.15, 0.2) is 0 Å². The lowest BCUT2D eigenvalue weighted by atomic mass is 11.8. The van der Waals surface area contributed by atoms with Gasteiger partial charge < -0.3 is 0 Å². The van der Waals surface area contributed by atoms with E-state index < -0.39 is 10.4 Å². The van der Waals surface area contributed by atoms with E-state index >= 15 is 0 Å². The highest BCUT2D eigenvalue weighted by Crippen LogP contribution is 1.74. The van der Waals surface area contributed by atoms with Crippen LogP contribution in [0.15, 0.2) is 0 Å². The Kier molecular flexibility index (Phi) is 7.42. The second-order valence-corrected chi connectivity index (χ2v) is 1.78. The van der Waals surface area contributed by atoms with Gasteiger partial charge in [-0.2, -0.15) is 21.0 Å². The molecule has 0 saturated carbocycles. The minimum absolute atomic E-state index is 0.870. The van der Waals surface area contributed by atoms with E-state index in [0.717, 1.165) is 7.11 Å². The summed E-state index contributed by atoms with van der Waals surface area (Å²) in [4.78, 5) is 0. The largest absolute Gasteiger partial charge is 0.397 e. The van der Waals surface area contributed by atoms with Crippen LogP contribution in [0.3, 0.4) is 0 Å². The van der Waals surface area contributed by atoms with Crippen LogP contribution in [0, 0.1) is 0 Å². The minimum Gasteiger partial charge on any atom is -0.264 e. The average Bonchev–Trinajstić information content (AvgIpc) is 1.71. The molecule has 52 valence electrons. The minimum atomic E-state index is -4.16. The molecule has 6 heteroatoms. The molecule has 0 amide bonds. The van der Waals surface area contributed by atoms with Crippen LogP contribution >= 0.6 is 12.6 Å². The molecule has 0 fully saturated rings. The lowest BCUT2D eigenvalue weighted by Crippen LogP contribution is -1.96. The molecule has 4 nitrogen and oxygen atoms in total. The Labute approximate surface area is 54.2 Å². The highest BCUT2D eigenvalue weighted by molar-refractivity contribution is 7.80. The maximum atomic E-state index is 9.33. The van der Waals surface area contributed by atoms with Gasteiger partial charge in [-0.15, -0.1) is 0 Å². The summed E-state index contributed by atoms with van der Waals surface area (Å²) in [6.45, 7) is 0. The lowest BCUT2D eigenvalue weighted by molar-refractivity contribution is 0.324. The third kappa shape index (κ3) is 16.3. The molecule has 0 spiro atoms. The molecule has 0 aromatic carbocycles. The first-order chi connectivity index (χ1) is 3.56. The van der Waals surface area contributed by atoms with Crippen molar-refractivity contribution in [1.82, 2.24) is 0 Å². The van der Waals surface area contributed by atoms with Crippen molar-refractivity contribution in [3.05, 3.63) is 0 Å². The molecule has 1 N–H and O–H groups in total. The molecule has 0 aromatic rings. The molecule has 0 radical (unpaired) electrons. The summed E-state index contributed by atoms with van der Waals surface area (Å²) in [5, 5.41) is 0. The van der Waals surface area contributed by atoms with E-state index in [2.05, 4.69) is 16.8 Å². The topological polar surface area (TPSA) is 63.6 Å².